The Labute approximate surface area is 97.6 Å². The van der Waals surface area contributed by atoms with E-state index in [1.54, 1.807) is 11.1 Å². The van der Waals surface area contributed by atoms with Crippen LogP contribution in [0.1, 0.15) is 24.8 Å². The van der Waals surface area contributed by atoms with Crippen molar-refractivity contribution in [2.45, 2.75) is 19.3 Å². The Bertz CT molecular complexity index is 405. The molecule has 2 atom stereocenters. The summed E-state index contributed by atoms with van der Waals surface area (Å²) in [6.07, 6.45) is 4.22. The van der Waals surface area contributed by atoms with Gasteiger partial charge in [0.2, 0.25) is 0 Å². The van der Waals surface area contributed by atoms with Crippen molar-refractivity contribution in [1.82, 2.24) is 5.32 Å². The standard InChI is InChI=1S/C15H19N/c1-16-10-14-12-7-8-13(9-12)15(14)11-5-3-2-4-6-11/h2-6,12-13,16H,7-10H2,1H3. The molecule has 1 N–H and O–H groups in total. The van der Waals surface area contributed by atoms with Gasteiger partial charge in [-0.15, -0.1) is 0 Å². The van der Waals surface area contributed by atoms with Crippen LogP contribution >= 0.6 is 0 Å². The molecule has 2 aliphatic rings. The third-order valence-electron chi connectivity index (χ3n) is 4.13. The molecule has 0 saturated heterocycles. The lowest BCUT2D eigenvalue weighted by molar-refractivity contribution is 0.627. The molecule has 3 rings (SSSR count). The summed E-state index contributed by atoms with van der Waals surface area (Å²) in [5.74, 6) is 1.71. The largest absolute Gasteiger partial charge is 0.316 e. The van der Waals surface area contributed by atoms with Gasteiger partial charge < -0.3 is 5.32 Å². The van der Waals surface area contributed by atoms with E-state index in [0.717, 1.165) is 18.4 Å². The molecule has 1 fully saturated rings. The second-order valence-electron chi connectivity index (χ2n) is 5.04. The first kappa shape index (κ1) is 10.1. The van der Waals surface area contributed by atoms with Crippen LogP contribution in [0.25, 0.3) is 5.57 Å². The summed E-state index contributed by atoms with van der Waals surface area (Å²) in [5, 5.41) is 3.34. The first-order valence-electron chi connectivity index (χ1n) is 6.33. The van der Waals surface area contributed by atoms with Crippen LogP contribution in [0.2, 0.25) is 0 Å². The first-order valence-corrected chi connectivity index (χ1v) is 6.33. The summed E-state index contributed by atoms with van der Waals surface area (Å²) in [6.45, 7) is 1.07. The molecule has 16 heavy (non-hydrogen) atoms. The molecule has 0 aliphatic heterocycles. The molecule has 1 nitrogen and oxygen atoms in total. The molecular weight excluding hydrogens is 194 g/mol. The number of allylic oxidation sites excluding steroid dienone is 1. The Morgan fingerprint density at radius 2 is 1.88 bits per heavy atom. The summed E-state index contributed by atoms with van der Waals surface area (Å²) >= 11 is 0. The molecule has 0 heterocycles. The smallest absolute Gasteiger partial charge is 0.0170 e. The number of rotatable bonds is 3. The molecule has 84 valence electrons. The van der Waals surface area contributed by atoms with Crippen LogP contribution in [0.15, 0.2) is 35.9 Å². The van der Waals surface area contributed by atoms with Gasteiger partial charge in [-0.2, -0.15) is 0 Å². The van der Waals surface area contributed by atoms with Crippen molar-refractivity contribution in [1.29, 1.82) is 0 Å². The summed E-state index contributed by atoms with van der Waals surface area (Å²) in [7, 11) is 2.06. The van der Waals surface area contributed by atoms with Crippen molar-refractivity contribution >= 4 is 5.57 Å². The van der Waals surface area contributed by atoms with E-state index in [9.17, 15) is 0 Å². The average molecular weight is 213 g/mol. The van der Waals surface area contributed by atoms with Gasteiger partial charge in [-0.05, 0) is 54.9 Å². The van der Waals surface area contributed by atoms with Crippen LogP contribution < -0.4 is 5.32 Å². The van der Waals surface area contributed by atoms with Crippen molar-refractivity contribution in [2.75, 3.05) is 13.6 Å². The number of hydrogen-bond donors (Lipinski definition) is 1. The Hall–Kier alpha value is -1.08. The van der Waals surface area contributed by atoms with Crippen molar-refractivity contribution in [3.63, 3.8) is 0 Å². The SMILES string of the molecule is CNCC1=C(c2ccccc2)C2CCC1C2. The quantitative estimate of drug-likeness (QED) is 0.813. The lowest BCUT2D eigenvalue weighted by atomic mass is 9.87. The molecule has 2 aliphatic carbocycles. The zero-order valence-electron chi connectivity index (χ0n) is 9.87. The monoisotopic (exact) mass is 213 g/mol. The second kappa shape index (κ2) is 4.06. The second-order valence-corrected chi connectivity index (χ2v) is 5.04. The number of nitrogens with one attached hydrogen (secondary N) is 1. The van der Waals surface area contributed by atoms with E-state index >= 15 is 0 Å². The normalized spacial score (nSPS) is 27.8. The van der Waals surface area contributed by atoms with Crippen LogP contribution in [-0.2, 0) is 0 Å². The zero-order valence-corrected chi connectivity index (χ0v) is 9.87. The van der Waals surface area contributed by atoms with Gasteiger partial charge in [-0.25, -0.2) is 0 Å². The predicted octanol–water partition coefficient (Wildman–Crippen LogP) is 3.09. The van der Waals surface area contributed by atoms with E-state index in [2.05, 4.69) is 42.7 Å². The van der Waals surface area contributed by atoms with Crippen LogP contribution in [0.3, 0.4) is 0 Å². The van der Waals surface area contributed by atoms with E-state index < -0.39 is 0 Å². The maximum atomic E-state index is 3.34. The third-order valence-corrected chi connectivity index (χ3v) is 4.13. The molecule has 0 spiro atoms. The molecular formula is C15H19N. The highest BCUT2D eigenvalue weighted by atomic mass is 14.8. The number of hydrogen-bond acceptors (Lipinski definition) is 1. The van der Waals surface area contributed by atoms with E-state index in [1.807, 2.05) is 0 Å². The Morgan fingerprint density at radius 3 is 2.62 bits per heavy atom. The molecule has 2 unspecified atom stereocenters. The molecule has 1 heteroatoms. The minimum absolute atomic E-state index is 0.843. The molecule has 0 radical (unpaired) electrons. The predicted molar refractivity (Wildman–Crippen MR) is 68.1 cm³/mol. The zero-order chi connectivity index (χ0) is 11.0. The van der Waals surface area contributed by atoms with Gasteiger partial charge in [0.05, 0.1) is 0 Å². The topological polar surface area (TPSA) is 12.0 Å². The van der Waals surface area contributed by atoms with E-state index in [0.29, 0.717) is 0 Å². The summed E-state index contributed by atoms with van der Waals surface area (Å²) in [5.41, 5.74) is 4.80. The van der Waals surface area contributed by atoms with Crippen LogP contribution in [-0.4, -0.2) is 13.6 Å². The van der Waals surface area contributed by atoms with Gasteiger partial charge in [0.1, 0.15) is 0 Å². The average Bonchev–Trinajstić information content (AvgIpc) is 2.91. The van der Waals surface area contributed by atoms with Crippen LogP contribution in [0.5, 0.6) is 0 Å². The number of likely N-dealkylation sites (N-methyl/N-ethyl adjacent to an activating group) is 1. The van der Waals surface area contributed by atoms with Crippen molar-refractivity contribution in [2.24, 2.45) is 11.8 Å². The Kier molecular flexibility index (Phi) is 2.56. The van der Waals surface area contributed by atoms with Gasteiger partial charge in [0, 0.05) is 6.54 Å². The fraction of sp³-hybridized carbons (Fsp3) is 0.467. The highest BCUT2D eigenvalue weighted by Crippen LogP contribution is 2.52. The summed E-state index contributed by atoms with van der Waals surface area (Å²) < 4.78 is 0. The molecule has 0 aromatic heterocycles. The summed E-state index contributed by atoms with van der Waals surface area (Å²) in [6, 6.07) is 11.0. The lowest BCUT2D eigenvalue weighted by Crippen LogP contribution is -2.16. The highest BCUT2D eigenvalue weighted by molar-refractivity contribution is 5.74. The first-order chi connectivity index (χ1) is 7.90. The van der Waals surface area contributed by atoms with Gasteiger partial charge in [0.25, 0.3) is 0 Å². The third kappa shape index (κ3) is 1.51. The van der Waals surface area contributed by atoms with Crippen LogP contribution in [0, 0.1) is 11.8 Å². The Balaban J connectivity index is 2.03. The number of benzene rings is 1. The molecule has 1 saturated carbocycles. The molecule has 1 aromatic carbocycles. The maximum absolute atomic E-state index is 3.34. The van der Waals surface area contributed by atoms with E-state index in [4.69, 9.17) is 0 Å². The van der Waals surface area contributed by atoms with Gasteiger partial charge in [0.15, 0.2) is 0 Å². The van der Waals surface area contributed by atoms with Gasteiger partial charge in [-0.1, -0.05) is 30.3 Å². The molecule has 2 bridgehead atoms. The van der Waals surface area contributed by atoms with Crippen molar-refractivity contribution < 1.29 is 0 Å². The van der Waals surface area contributed by atoms with Crippen LogP contribution in [0.4, 0.5) is 0 Å². The van der Waals surface area contributed by atoms with Gasteiger partial charge in [-0.3, -0.25) is 0 Å². The molecule has 1 aromatic rings. The summed E-state index contributed by atoms with van der Waals surface area (Å²) in [4.78, 5) is 0. The maximum Gasteiger partial charge on any atom is 0.0170 e. The van der Waals surface area contributed by atoms with E-state index in [-0.39, 0.29) is 0 Å². The minimum Gasteiger partial charge on any atom is -0.316 e. The molecule has 0 amide bonds. The van der Waals surface area contributed by atoms with Crippen molar-refractivity contribution in [3.8, 4) is 0 Å². The van der Waals surface area contributed by atoms with Gasteiger partial charge >= 0.3 is 0 Å². The Morgan fingerprint density at radius 1 is 1.12 bits per heavy atom. The number of fused-ring (bicyclic) bond motifs is 2. The van der Waals surface area contributed by atoms with E-state index in [1.165, 1.54) is 24.8 Å². The fourth-order valence-electron chi connectivity index (χ4n) is 3.51. The fourth-order valence-corrected chi connectivity index (χ4v) is 3.51. The minimum atomic E-state index is 0.843. The lowest BCUT2D eigenvalue weighted by Gasteiger charge is -2.20. The highest BCUT2D eigenvalue weighted by Gasteiger charge is 2.38. The van der Waals surface area contributed by atoms with Crippen molar-refractivity contribution in [3.05, 3.63) is 41.5 Å².